The SMILES string of the molecule is CS(=O)(=O)c1cccc(C(=O)N2CCN(c3snc(Cl)c3C#N)CC2)c1. The van der Waals surface area contributed by atoms with Crippen LogP contribution < -0.4 is 4.90 Å². The summed E-state index contributed by atoms with van der Waals surface area (Å²) in [4.78, 5) is 16.5. The first-order valence-corrected chi connectivity index (χ1v) is 10.7. The van der Waals surface area contributed by atoms with Gasteiger partial charge in [-0.1, -0.05) is 17.7 Å². The first-order valence-electron chi connectivity index (χ1n) is 7.71. The number of carbonyl (C=O) groups excluding carboxylic acids is 1. The summed E-state index contributed by atoms with van der Waals surface area (Å²) in [5.41, 5.74) is 0.706. The van der Waals surface area contributed by atoms with Crippen molar-refractivity contribution < 1.29 is 13.2 Å². The number of amides is 1. The van der Waals surface area contributed by atoms with Crippen LogP contribution in [0.3, 0.4) is 0 Å². The number of anilines is 1. The minimum Gasteiger partial charge on any atom is -0.358 e. The van der Waals surface area contributed by atoms with Crippen molar-refractivity contribution in [3.63, 3.8) is 0 Å². The summed E-state index contributed by atoms with van der Waals surface area (Å²) in [6.45, 7) is 2.01. The zero-order valence-corrected chi connectivity index (χ0v) is 16.2. The Kier molecular flexibility index (Phi) is 5.18. The Morgan fingerprint density at radius 1 is 1.31 bits per heavy atom. The number of halogens is 1. The van der Waals surface area contributed by atoms with E-state index in [0.29, 0.717) is 42.3 Å². The van der Waals surface area contributed by atoms with E-state index in [1.807, 2.05) is 4.90 Å². The molecule has 1 aromatic carbocycles. The lowest BCUT2D eigenvalue weighted by atomic mass is 10.2. The molecule has 0 spiro atoms. The quantitative estimate of drug-likeness (QED) is 0.768. The molecule has 0 saturated carbocycles. The number of nitriles is 1. The summed E-state index contributed by atoms with van der Waals surface area (Å²) < 4.78 is 27.3. The van der Waals surface area contributed by atoms with Gasteiger partial charge in [0.1, 0.15) is 16.6 Å². The molecule has 26 heavy (non-hydrogen) atoms. The molecule has 0 N–H and O–H groups in total. The molecule has 136 valence electrons. The van der Waals surface area contributed by atoms with Gasteiger partial charge in [-0.05, 0) is 29.7 Å². The Morgan fingerprint density at radius 2 is 2.00 bits per heavy atom. The maximum Gasteiger partial charge on any atom is 0.254 e. The van der Waals surface area contributed by atoms with Gasteiger partial charge in [-0.2, -0.15) is 9.64 Å². The summed E-state index contributed by atoms with van der Waals surface area (Å²) >= 11 is 7.08. The third-order valence-corrected chi connectivity index (χ3v) is 6.50. The fraction of sp³-hybridized carbons (Fsp3) is 0.312. The van der Waals surface area contributed by atoms with Crippen LogP contribution in [0.2, 0.25) is 5.15 Å². The third kappa shape index (κ3) is 3.67. The van der Waals surface area contributed by atoms with E-state index in [-0.39, 0.29) is 16.0 Å². The molecule has 0 radical (unpaired) electrons. The molecule has 2 aromatic rings. The van der Waals surface area contributed by atoms with Gasteiger partial charge in [0.25, 0.3) is 5.91 Å². The van der Waals surface area contributed by atoms with Crippen molar-refractivity contribution in [3.05, 3.63) is 40.5 Å². The monoisotopic (exact) mass is 410 g/mol. The predicted molar refractivity (Wildman–Crippen MR) is 99.5 cm³/mol. The summed E-state index contributed by atoms with van der Waals surface area (Å²) in [5.74, 6) is -0.210. The molecule has 1 amide bonds. The fourth-order valence-electron chi connectivity index (χ4n) is 2.73. The van der Waals surface area contributed by atoms with Crippen LogP contribution in [0.15, 0.2) is 29.2 Å². The molecule has 1 aliphatic rings. The molecule has 2 heterocycles. The maximum absolute atomic E-state index is 12.7. The zero-order chi connectivity index (χ0) is 18.9. The zero-order valence-electron chi connectivity index (χ0n) is 13.8. The van der Waals surface area contributed by atoms with Crippen molar-refractivity contribution in [2.75, 3.05) is 37.3 Å². The molecule has 1 aliphatic heterocycles. The number of rotatable bonds is 3. The number of piperazine rings is 1. The Hall–Kier alpha value is -2.15. The van der Waals surface area contributed by atoms with Crippen molar-refractivity contribution in [1.82, 2.24) is 9.27 Å². The maximum atomic E-state index is 12.7. The lowest BCUT2D eigenvalue weighted by Gasteiger charge is -2.35. The van der Waals surface area contributed by atoms with Crippen LogP contribution in [-0.2, 0) is 9.84 Å². The standard InChI is InChI=1S/C16H15ClN4O3S2/c1-26(23,24)12-4-2-3-11(9-12)15(22)20-5-7-21(8-6-20)16-13(10-18)14(17)19-25-16/h2-4,9H,5-8H2,1H3. The molecule has 7 nitrogen and oxygen atoms in total. The van der Waals surface area contributed by atoms with Crippen LogP contribution in [0.1, 0.15) is 15.9 Å². The van der Waals surface area contributed by atoms with Crippen molar-refractivity contribution in [2.45, 2.75) is 4.90 Å². The van der Waals surface area contributed by atoms with Gasteiger partial charge in [0.05, 0.1) is 4.90 Å². The smallest absolute Gasteiger partial charge is 0.254 e. The molecule has 0 atom stereocenters. The predicted octanol–water partition coefficient (Wildman–Crippen LogP) is 2.03. The minimum atomic E-state index is -3.37. The van der Waals surface area contributed by atoms with Gasteiger partial charge in [0.2, 0.25) is 0 Å². The van der Waals surface area contributed by atoms with E-state index in [9.17, 15) is 18.5 Å². The van der Waals surface area contributed by atoms with Gasteiger partial charge in [-0.3, -0.25) is 4.79 Å². The van der Waals surface area contributed by atoms with E-state index >= 15 is 0 Å². The fourth-order valence-corrected chi connectivity index (χ4v) is 4.48. The number of hydrogen-bond donors (Lipinski definition) is 0. The Balaban J connectivity index is 1.72. The van der Waals surface area contributed by atoms with E-state index in [0.717, 1.165) is 6.26 Å². The van der Waals surface area contributed by atoms with Gasteiger partial charge >= 0.3 is 0 Å². The number of benzene rings is 1. The average Bonchev–Trinajstić information content (AvgIpc) is 3.01. The Bertz CT molecular complexity index is 989. The normalized spacial score (nSPS) is 15.0. The van der Waals surface area contributed by atoms with Crippen LogP contribution in [0.25, 0.3) is 0 Å². The van der Waals surface area contributed by atoms with Crippen LogP contribution in [0.5, 0.6) is 0 Å². The molecule has 0 bridgehead atoms. The van der Waals surface area contributed by atoms with E-state index < -0.39 is 9.84 Å². The second kappa shape index (κ2) is 7.23. The molecule has 3 rings (SSSR count). The first kappa shape index (κ1) is 18.6. The van der Waals surface area contributed by atoms with Crippen molar-refractivity contribution in [1.29, 1.82) is 5.26 Å². The van der Waals surface area contributed by atoms with E-state index in [4.69, 9.17) is 11.6 Å². The second-order valence-electron chi connectivity index (χ2n) is 5.84. The molecular formula is C16H15ClN4O3S2. The molecule has 0 unspecified atom stereocenters. The van der Waals surface area contributed by atoms with Gasteiger partial charge in [-0.25, -0.2) is 8.42 Å². The van der Waals surface area contributed by atoms with Crippen LogP contribution in [0.4, 0.5) is 5.00 Å². The van der Waals surface area contributed by atoms with Crippen molar-refractivity contribution >= 4 is 43.9 Å². The van der Waals surface area contributed by atoms with Crippen LogP contribution in [0, 0.1) is 11.3 Å². The minimum absolute atomic E-state index is 0.125. The first-order chi connectivity index (χ1) is 12.3. The highest BCUT2D eigenvalue weighted by Gasteiger charge is 2.26. The van der Waals surface area contributed by atoms with Gasteiger partial charge in [0, 0.05) is 38.0 Å². The largest absolute Gasteiger partial charge is 0.358 e. The number of nitrogens with zero attached hydrogens (tertiary/aromatic N) is 4. The molecule has 1 aromatic heterocycles. The Labute approximate surface area is 160 Å². The second-order valence-corrected chi connectivity index (χ2v) is 8.97. The summed E-state index contributed by atoms with van der Waals surface area (Å²) in [6, 6.07) is 8.11. The summed E-state index contributed by atoms with van der Waals surface area (Å²) in [6.07, 6.45) is 1.11. The van der Waals surface area contributed by atoms with Crippen LogP contribution in [-0.4, -0.2) is 56.0 Å². The molecular weight excluding hydrogens is 396 g/mol. The van der Waals surface area contributed by atoms with Crippen LogP contribution >= 0.6 is 23.1 Å². The number of sulfone groups is 1. The molecule has 0 aliphatic carbocycles. The average molecular weight is 411 g/mol. The lowest BCUT2D eigenvalue weighted by Crippen LogP contribution is -2.48. The topological polar surface area (TPSA) is 94.4 Å². The summed E-state index contributed by atoms with van der Waals surface area (Å²) in [5, 5.41) is 10.1. The highest BCUT2D eigenvalue weighted by atomic mass is 35.5. The lowest BCUT2D eigenvalue weighted by molar-refractivity contribution is 0.0746. The van der Waals surface area contributed by atoms with Gasteiger partial charge < -0.3 is 9.80 Å². The Morgan fingerprint density at radius 3 is 2.62 bits per heavy atom. The van der Waals surface area contributed by atoms with E-state index in [2.05, 4.69) is 10.4 Å². The van der Waals surface area contributed by atoms with Gasteiger partial charge in [0.15, 0.2) is 15.0 Å². The molecule has 10 heteroatoms. The molecule has 1 saturated heterocycles. The van der Waals surface area contributed by atoms with E-state index in [1.54, 1.807) is 17.0 Å². The highest BCUT2D eigenvalue weighted by molar-refractivity contribution is 7.90. The van der Waals surface area contributed by atoms with Crippen molar-refractivity contribution in [2.24, 2.45) is 0 Å². The number of hydrogen-bond acceptors (Lipinski definition) is 7. The molecule has 1 fully saturated rings. The summed E-state index contributed by atoms with van der Waals surface area (Å²) in [7, 11) is -3.37. The number of aromatic nitrogens is 1. The van der Waals surface area contributed by atoms with Crippen molar-refractivity contribution in [3.8, 4) is 6.07 Å². The highest BCUT2D eigenvalue weighted by Crippen LogP contribution is 2.31. The third-order valence-electron chi connectivity index (χ3n) is 4.11. The van der Waals surface area contributed by atoms with E-state index in [1.165, 1.54) is 23.7 Å². The van der Waals surface area contributed by atoms with Gasteiger partial charge in [-0.15, -0.1) is 0 Å². The number of carbonyl (C=O) groups is 1.